The topological polar surface area (TPSA) is 119 Å². The second kappa shape index (κ2) is 6.20. The number of hydrogen-bond donors (Lipinski definition) is 3. The van der Waals surface area contributed by atoms with Crippen molar-refractivity contribution in [3.8, 4) is 0 Å². The molecule has 0 bridgehead atoms. The van der Waals surface area contributed by atoms with E-state index in [0.717, 1.165) is 0 Å². The maximum atomic E-state index is 11.3. The van der Waals surface area contributed by atoms with Gasteiger partial charge in [-0.3, -0.25) is 0 Å². The molecule has 1 aromatic carbocycles. The first-order valence-corrected chi connectivity index (χ1v) is 7.10. The van der Waals surface area contributed by atoms with Crippen LogP contribution in [0, 0.1) is 0 Å². The van der Waals surface area contributed by atoms with Gasteiger partial charge in [-0.25, -0.2) is 13.6 Å². The van der Waals surface area contributed by atoms with Crippen molar-refractivity contribution in [1.29, 1.82) is 0 Å². The Morgan fingerprint density at radius 1 is 1.47 bits per heavy atom. The fourth-order valence-corrected chi connectivity index (χ4v) is 2.22. The lowest BCUT2D eigenvalue weighted by Crippen LogP contribution is -2.32. The molecule has 0 saturated carbocycles. The van der Waals surface area contributed by atoms with Crippen LogP contribution in [0.15, 0.2) is 23.1 Å². The summed E-state index contributed by atoms with van der Waals surface area (Å²) in [6.45, 7) is 0.436. The van der Waals surface area contributed by atoms with Crippen LogP contribution in [0.4, 0.5) is 11.4 Å². The lowest BCUT2D eigenvalue weighted by Gasteiger charge is -2.24. The molecule has 0 saturated heterocycles. The van der Waals surface area contributed by atoms with Crippen LogP contribution >= 0.6 is 0 Å². The van der Waals surface area contributed by atoms with Gasteiger partial charge in [0.25, 0.3) is 0 Å². The van der Waals surface area contributed by atoms with Gasteiger partial charge in [0.05, 0.1) is 29.0 Å². The van der Waals surface area contributed by atoms with Gasteiger partial charge < -0.3 is 20.5 Å². The Balaban J connectivity index is 2.99. The van der Waals surface area contributed by atoms with E-state index in [1.54, 1.807) is 11.9 Å². The summed E-state index contributed by atoms with van der Waals surface area (Å²) in [7, 11) is -0.606. The Morgan fingerprint density at radius 3 is 2.63 bits per heavy atom. The summed E-state index contributed by atoms with van der Waals surface area (Å²) in [5, 5.41) is 14.7. The number of aliphatic hydroxyl groups is 1. The second-order valence-electron chi connectivity index (χ2n) is 4.26. The molecule has 0 aliphatic heterocycles. The highest BCUT2D eigenvalue weighted by Crippen LogP contribution is 2.25. The van der Waals surface area contributed by atoms with Crippen LogP contribution in [0.2, 0.25) is 0 Å². The van der Waals surface area contributed by atoms with Crippen LogP contribution in [-0.2, 0) is 14.8 Å². The zero-order valence-corrected chi connectivity index (χ0v) is 11.7. The van der Waals surface area contributed by atoms with Crippen molar-refractivity contribution in [1.82, 2.24) is 0 Å². The number of likely N-dealkylation sites (N-methyl/N-ethyl adjacent to an activating group) is 1. The predicted molar refractivity (Wildman–Crippen MR) is 73.4 cm³/mol. The molecule has 108 valence electrons. The van der Waals surface area contributed by atoms with Crippen molar-refractivity contribution in [2.45, 2.75) is 11.0 Å². The van der Waals surface area contributed by atoms with E-state index in [4.69, 9.17) is 15.6 Å². The summed E-state index contributed by atoms with van der Waals surface area (Å²) in [4.78, 5) is 1.62. The van der Waals surface area contributed by atoms with E-state index in [2.05, 4.69) is 0 Å². The maximum absolute atomic E-state index is 11.3. The molecule has 1 unspecified atom stereocenters. The molecule has 8 heteroatoms. The van der Waals surface area contributed by atoms with Crippen LogP contribution in [0.3, 0.4) is 0 Å². The number of nitrogen functional groups attached to an aromatic ring is 1. The molecule has 1 rings (SSSR count). The summed E-state index contributed by atoms with van der Waals surface area (Å²) in [5.41, 5.74) is 6.68. The average molecular weight is 289 g/mol. The van der Waals surface area contributed by atoms with E-state index in [-0.39, 0.29) is 18.0 Å². The lowest BCUT2D eigenvalue weighted by atomic mass is 10.2. The van der Waals surface area contributed by atoms with Gasteiger partial charge >= 0.3 is 0 Å². The molecule has 1 aromatic rings. The van der Waals surface area contributed by atoms with Crippen LogP contribution in [0.1, 0.15) is 0 Å². The van der Waals surface area contributed by atoms with E-state index in [9.17, 15) is 13.5 Å². The van der Waals surface area contributed by atoms with E-state index in [1.807, 2.05) is 0 Å². The Hall–Kier alpha value is -1.35. The third-order valence-corrected chi connectivity index (χ3v) is 3.50. The van der Waals surface area contributed by atoms with Crippen LogP contribution in [0.25, 0.3) is 0 Å². The van der Waals surface area contributed by atoms with Gasteiger partial charge in [0.2, 0.25) is 10.0 Å². The van der Waals surface area contributed by atoms with Crippen molar-refractivity contribution in [2.75, 3.05) is 37.9 Å². The number of rotatable bonds is 6. The molecule has 0 aliphatic rings. The molecule has 0 fully saturated rings. The SMILES string of the molecule is COCC(O)CN(C)c1cc(S(N)(=O)=O)ccc1N. The highest BCUT2D eigenvalue weighted by molar-refractivity contribution is 7.89. The number of hydrogen-bond acceptors (Lipinski definition) is 6. The Kier molecular flexibility index (Phi) is 5.12. The summed E-state index contributed by atoms with van der Waals surface area (Å²) in [5.74, 6) is 0. The first-order valence-electron chi connectivity index (χ1n) is 5.56. The zero-order chi connectivity index (χ0) is 14.6. The number of benzene rings is 1. The fraction of sp³-hybridized carbons (Fsp3) is 0.455. The molecule has 5 N–H and O–H groups in total. The van der Waals surface area contributed by atoms with Crippen LogP contribution in [0.5, 0.6) is 0 Å². The first-order chi connectivity index (χ1) is 8.75. The van der Waals surface area contributed by atoms with Gasteiger partial charge in [0, 0.05) is 20.7 Å². The molecule has 19 heavy (non-hydrogen) atoms. The highest BCUT2D eigenvalue weighted by atomic mass is 32.2. The minimum absolute atomic E-state index is 0.0234. The van der Waals surface area contributed by atoms with Gasteiger partial charge in [-0.2, -0.15) is 0 Å². The Morgan fingerprint density at radius 2 is 2.11 bits per heavy atom. The third-order valence-electron chi connectivity index (χ3n) is 2.59. The van der Waals surface area contributed by atoms with E-state index in [1.165, 1.54) is 25.3 Å². The summed E-state index contributed by atoms with van der Waals surface area (Å²) >= 11 is 0. The summed E-state index contributed by atoms with van der Waals surface area (Å²) < 4.78 is 27.4. The average Bonchev–Trinajstić information content (AvgIpc) is 2.27. The third kappa shape index (κ3) is 4.35. The van der Waals surface area contributed by atoms with Gasteiger partial charge in [0.1, 0.15) is 0 Å². The Bertz CT molecular complexity index is 533. The number of aliphatic hydroxyl groups excluding tert-OH is 1. The number of sulfonamides is 1. The molecule has 0 aliphatic carbocycles. The van der Waals surface area contributed by atoms with Crippen molar-refractivity contribution in [3.05, 3.63) is 18.2 Å². The van der Waals surface area contributed by atoms with E-state index < -0.39 is 16.1 Å². The van der Waals surface area contributed by atoms with Crippen molar-refractivity contribution < 1.29 is 18.3 Å². The van der Waals surface area contributed by atoms with Gasteiger partial charge in [-0.1, -0.05) is 0 Å². The van der Waals surface area contributed by atoms with Crippen molar-refractivity contribution in [3.63, 3.8) is 0 Å². The quantitative estimate of drug-likeness (QED) is 0.599. The predicted octanol–water partition coefficient (Wildman–Crippen LogP) is -0.640. The molecular formula is C11H19N3O4S. The maximum Gasteiger partial charge on any atom is 0.238 e. The van der Waals surface area contributed by atoms with Crippen molar-refractivity contribution in [2.24, 2.45) is 5.14 Å². The molecule has 0 heterocycles. The largest absolute Gasteiger partial charge is 0.397 e. The molecule has 0 amide bonds. The Labute approximate surface area is 112 Å². The molecule has 0 spiro atoms. The summed E-state index contributed by atoms with van der Waals surface area (Å²) in [6, 6.07) is 4.19. The minimum Gasteiger partial charge on any atom is -0.397 e. The normalized spacial score (nSPS) is 13.3. The highest BCUT2D eigenvalue weighted by Gasteiger charge is 2.15. The smallest absolute Gasteiger partial charge is 0.238 e. The van der Waals surface area contributed by atoms with E-state index in [0.29, 0.717) is 11.4 Å². The zero-order valence-electron chi connectivity index (χ0n) is 10.9. The second-order valence-corrected chi connectivity index (χ2v) is 5.82. The monoisotopic (exact) mass is 289 g/mol. The summed E-state index contributed by atoms with van der Waals surface area (Å²) in [6.07, 6.45) is -0.701. The van der Waals surface area contributed by atoms with Gasteiger partial charge in [-0.15, -0.1) is 0 Å². The first kappa shape index (κ1) is 15.7. The van der Waals surface area contributed by atoms with Gasteiger partial charge in [-0.05, 0) is 18.2 Å². The fourth-order valence-electron chi connectivity index (χ4n) is 1.69. The number of anilines is 2. The van der Waals surface area contributed by atoms with Crippen LogP contribution < -0.4 is 15.8 Å². The standard InChI is InChI=1S/C11H19N3O4S/c1-14(6-8(15)7-18-2)11-5-9(19(13,16)17)3-4-10(11)12/h3-5,8,15H,6-7,12H2,1-2H3,(H2,13,16,17). The number of methoxy groups -OCH3 is 1. The minimum atomic E-state index is -3.78. The lowest BCUT2D eigenvalue weighted by molar-refractivity contribution is 0.0695. The van der Waals surface area contributed by atoms with Crippen LogP contribution in [-0.4, -0.2) is 46.9 Å². The van der Waals surface area contributed by atoms with Crippen molar-refractivity contribution >= 4 is 21.4 Å². The number of nitrogens with two attached hydrogens (primary N) is 2. The van der Waals surface area contributed by atoms with Gasteiger partial charge in [0.15, 0.2) is 0 Å². The molecule has 0 radical (unpaired) electrons. The number of ether oxygens (including phenoxy) is 1. The molecule has 7 nitrogen and oxygen atoms in total. The number of nitrogens with zero attached hydrogens (tertiary/aromatic N) is 1. The molecular weight excluding hydrogens is 270 g/mol. The molecule has 1 atom stereocenters. The van der Waals surface area contributed by atoms with E-state index >= 15 is 0 Å². The number of primary sulfonamides is 1. The molecule has 0 aromatic heterocycles.